The summed E-state index contributed by atoms with van der Waals surface area (Å²) in [5, 5.41) is 4.12. The zero-order chi connectivity index (χ0) is 21.8. The van der Waals surface area contributed by atoms with E-state index in [4.69, 9.17) is 10.3 Å². The number of hydrogen-bond acceptors (Lipinski definition) is 7. The highest BCUT2D eigenvalue weighted by molar-refractivity contribution is 5.80. The van der Waals surface area contributed by atoms with Gasteiger partial charge in [-0.1, -0.05) is 35.5 Å². The van der Waals surface area contributed by atoms with Crippen LogP contribution in [-0.4, -0.2) is 82.5 Å². The summed E-state index contributed by atoms with van der Waals surface area (Å²) in [6.45, 7) is 7.02. The van der Waals surface area contributed by atoms with E-state index < -0.39 is 0 Å². The van der Waals surface area contributed by atoms with Crippen molar-refractivity contribution >= 4 is 11.8 Å². The van der Waals surface area contributed by atoms with Crippen LogP contribution in [0.4, 0.5) is 0 Å². The number of benzene rings is 1. The van der Waals surface area contributed by atoms with Gasteiger partial charge in [-0.25, -0.2) is 0 Å². The van der Waals surface area contributed by atoms with Crippen LogP contribution < -0.4 is 5.73 Å². The van der Waals surface area contributed by atoms with Gasteiger partial charge in [0.1, 0.15) is 0 Å². The molecular weight excluding hydrogens is 396 g/mol. The lowest BCUT2D eigenvalue weighted by Gasteiger charge is -2.38. The van der Waals surface area contributed by atoms with Gasteiger partial charge in [-0.15, -0.1) is 0 Å². The van der Waals surface area contributed by atoms with Gasteiger partial charge < -0.3 is 15.2 Å². The normalized spacial score (nSPS) is 20.0. The summed E-state index contributed by atoms with van der Waals surface area (Å²) in [6, 6.07) is 9.82. The van der Waals surface area contributed by atoms with Crippen LogP contribution in [0, 0.1) is 5.92 Å². The molecule has 1 aromatic carbocycles. The first kappa shape index (κ1) is 21.5. The Morgan fingerprint density at radius 2 is 1.77 bits per heavy atom. The number of likely N-dealkylation sites (tertiary alicyclic amines) is 1. The molecule has 0 saturated carbocycles. The minimum atomic E-state index is -0.255. The molecule has 3 heterocycles. The molecule has 1 unspecified atom stereocenters. The van der Waals surface area contributed by atoms with Crippen LogP contribution >= 0.6 is 0 Å². The lowest BCUT2D eigenvalue weighted by molar-refractivity contribution is -0.136. The molecule has 0 aliphatic carbocycles. The second-order valence-electron chi connectivity index (χ2n) is 8.37. The molecule has 2 aromatic rings. The topological polar surface area (TPSA) is 109 Å². The quantitative estimate of drug-likeness (QED) is 0.738. The number of aromatic nitrogens is 2. The fraction of sp³-hybridized carbons (Fsp3) is 0.545. The van der Waals surface area contributed by atoms with Crippen molar-refractivity contribution in [3.63, 3.8) is 0 Å². The first-order chi connectivity index (χ1) is 15.0. The Morgan fingerprint density at radius 1 is 1.10 bits per heavy atom. The Bertz CT molecular complexity index is 886. The van der Waals surface area contributed by atoms with Crippen LogP contribution in [0.5, 0.6) is 0 Å². The monoisotopic (exact) mass is 426 g/mol. The Hall–Kier alpha value is -2.78. The summed E-state index contributed by atoms with van der Waals surface area (Å²) in [5.74, 6) is 0.997. The van der Waals surface area contributed by atoms with E-state index in [-0.39, 0.29) is 23.8 Å². The molecule has 2 aliphatic rings. The van der Waals surface area contributed by atoms with Crippen molar-refractivity contribution in [2.24, 2.45) is 11.7 Å². The van der Waals surface area contributed by atoms with Gasteiger partial charge in [0, 0.05) is 50.7 Å². The Labute approximate surface area is 182 Å². The highest BCUT2D eigenvalue weighted by Crippen LogP contribution is 2.23. The van der Waals surface area contributed by atoms with E-state index in [0.29, 0.717) is 44.2 Å². The maximum Gasteiger partial charge on any atom is 0.244 e. The molecule has 31 heavy (non-hydrogen) atoms. The van der Waals surface area contributed by atoms with Gasteiger partial charge in [0.05, 0.1) is 12.6 Å². The van der Waals surface area contributed by atoms with Gasteiger partial charge in [0.25, 0.3) is 0 Å². The molecule has 2 N–H and O–H groups in total. The van der Waals surface area contributed by atoms with Gasteiger partial charge in [-0.3, -0.25) is 19.4 Å². The molecule has 166 valence electrons. The zero-order valence-corrected chi connectivity index (χ0v) is 17.9. The molecule has 2 amide bonds. The highest BCUT2D eigenvalue weighted by atomic mass is 16.5. The molecule has 4 rings (SSSR count). The number of amides is 2. The summed E-state index contributed by atoms with van der Waals surface area (Å²) < 4.78 is 5.52. The van der Waals surface area contributed by atoms with Gasteiger partial charge in [-0.05, 0) is 19.8 Å². The Morgan fingerprint density at radius 3 is 2.42 bits per heavy atom. The SMILES string of the molecule is CC(c1nc(-c2ccccc2)no1)N1CCN(CC(=O)N2CCC(C(N)=O)CC2)CC1. The molecule has 9 heteroatoms. The van der Waals surface area contributed by atoms with E-state index in [0.717, 1.165) is 31.7 Å². The molecule has 0 bridgehead atoms. The van der Waals surface area contributed by atoms with Crippen molar-refractivity contribution in [2.75, 3.05) is 45.8 Å². The number of piperazine rings is 1. The largest absolute Gasteiger partial charge is 0.369 e. The van der Waals surface area contributed by atoms with Crippen molar-refractivity contribution < 1.29 is 14.1 Å². The standard InChI is InChI=1S/C22H30N6O3/c1-16(22-24-21(25-31-22)18-5-3-2-4-6-18)27-13-11-26(12-14-27)15-19(29)28-9-7-17(8-10-28)20(23)30/h2-6,16-17H,7-15H2,1H3,(H2,23,30). The maximum atomic E-state index is 12.6. The number of hydrogen-bond donors (Lipinski definition) is 1. The minimum absolute atomic E-state index is 0.0237. The van der Waals surface area contributed by atoms with E-state index in [1.807, 2.05) is 35.2 Å². The maximum absolute atomic E-state index is 12.6. The van der Waals surface area contributed by atoms with E-state index >= 15 is 0 Å². The fourth-order valence-electron chi connectivity index (χ4n) is 4.28. The van der Waals surface area contributed by atoms with Gasteiger partial charge in [0.15, 0.2) is 0 Å². The van der Waals surface area contributed by atoms with Crippen molar-refractivity contribution in [1.29, 1.82) is 0 Å². The molecule has 2 saturated heterocycles. The smallest absolute Gasteiger partial charge is 0.244 e. The van der Waals surface area contributed by atoms with Crippen molar-refractivity contribution in [3.05, 3.63) is 36.2 Å². The number of nitrogens with two attached hydrogens (primary N) is 1. The number of primary amides is 1. The molecule has 1 atom stereocenters. The lowest BCUT2D eigenvalue weighted by Crippen LogP contribution is -2.51. The number of carbonyl (C=O) groups excluding carboxylic acids is 2. The van der Waals surface area contributed by atoms with Crippen LogP contribution in [0.1, 0.15) is 31.7 Å². The summed E-state index contributed by atoms with van der Waals surface area (Å²) in [6.07, 6.45) is 1.34. The van der Waals surface area contributed by atoms with Crippen molar-refractivity contribution in [3.8, 4) is 11.4 Å². The Balaban J connectivity index is 1.25. The van der Waals surface area contributed by atoms with Crippen LogP contribution in [0.3, 0.4) is 0 Å². The number of rotatable bonds is 6. The van der Waals surface area contributed by atoms with E-state index in [1.165, 1.54) is 0 Å². The van der Waals surface area contributed by atoms with Crippen LogP contribution in [0.2, 0.25) is 0 Å². The average Bonchev–Trinajstić information content (AvgIpc) is 3.30. The van der Waals surface area contributed by atoms with Gasteiger partial charge >= 0.3 is 0 Å². The van der Waals surface area contributed by atoms with Crippen LogP contribution in [0.25, 0.3) is 11.4 Å². The first-order valence-corrected chi connectivity index (χ1v) is 10.9. The molecule has 2 aliphatic heterocycles. The Kier molecular flexibility index (Phi) is 6.62. The number of nitrogens with zero attached hydrogens (tertiary/aromatic N) is 5. The molecule has 0 radical (unpaired) electrons. The second-order valence-corrected chi connectivity index (χ2v) is 8.37. The third-order valence-electron chi connectivity index (χ3n) is 6.39. The van der Waals surface area contributed by atoms with Crippen LogP contribution in [-0.2, 0) is 9.59 Å². The number of carbonyl (C=O) groups is 2. The highest BCUT2D eigenvalue weighted by Gasteiger charge is 2.29. The third kappa shape index (κ3) is 5.11. The average molecular weight is 427 g/mol. The van der Waals surface area contributed by atoms with Gasteiger partial charge in [0.2, 0.25) is 23.5 Å². The van der Waals surface area contributed by atoms with E-state index in [2.05, 4.69) is 26.9 Å². The predicted octanol–water partition coefficient (Wildman–Crippen LogP) is 1.14. The molecule has 9 nitrogen and oxygen atoms in total. The predicted molar refractivity (Wildman–Crippen MR) is 115 cm³/mol. The second kappa shape index (κ2) is 9.57. The number of piperidine rings is 1. The van der Waals surface area contributed by atoms with E-state index in [1.54, 1.807) is 0 Å². The summed E-state index contributed by atoms with van der Waals surface area (Å²) in [4.78, 5) is 34.9. The first-order valence-electron chi connectivity index (χ1n) is 10.9. The van der Waals surface area contributed by atoms with Crippen molar-refractivity contribution in [1.82, 2.24) is 24.8 Å². The third-order valence-corrected chi connectivity index (χ3v) is 6.39. The lowest BCUT2D eigenvalue weighted by atomic mass is 9.96. The van der Waals surface area contributed by atoms with Crippen LogP contribution in [0.15, 0.2) is 34.9 Å². The molecule has 0 spiro atoms. The fourth-order valence-corrected chi connectivity index (χ4v) is 4.28. The van der Waals surface area contributed by atoms with Gasteiger partial charge in [-0.2, -0.15) is 4.98 Å². The minimum Gasteiger partial charge on any atom is -0.369 e. The zero-order valence-electron chi connectivity index (χ0n) is 17.9. The molecular formula is C22H30N6O3. The van der Waals surface area contributed by atoms with Crippen molar-refractivity contribution in [2.45, 2.75) is 25.8 Å². The summed E-state index contributed by atoms with van der Waals surface area (Å²) in [5.41, 5.74) is 6.32. The molecule has 2 fully saturated rings. The molecule has 1 aromatic heterocycles. The summed E-state index contributed by atoms with van der Waals surface area (Å²) in [7, 11) is 0. The summed E-state index contributed by atoms with van der Waals surface area (Å²) >= 11 is 0. The van der Waals surface area contributed by atoms with E-state index in [9.17, 15) is 9.59 Å².